The van der Waals surface area contributed by atoms with Crippen LogP contribution in [-0.2, 0) is 4.79 Å². The van der Waals surface area contributed by atoms with Gasteiger partial charge in [0, 0.05) is 19.6 Å². The summed E-state index contributed by atoms with van der Waals surface area (Å²) in [6, 6.07) is 9.19. The minimum atomic E-state index is -0.345. The average Bonchev–Trinajstić information content (AvgIpc) is 2.37. The van der Waals surface area contributed by atoms with Crippen molar-refractivity contribution in [2.24, 2.45) is 5.41 Å². The van der Waals surface area contributed by atoms with Crippen molar-refractivity contribution in [3.05, 3.63) is 35.4 Å². The van der Waals surface area contributed by atoms with E-state index in [9.17, 15) is 4.79 Å². The van der Waals surface area contributed by atoms with Gasteiger partial charge in [-0.15, -0.1) is 0 Å². The Labute approximate surface area is 122 Å². The molecule has 2 N–H and O–H groups in total. The Balaban J connectivity index is 1.80. The zero-order chi connectivity index (χ0) is 14.8. The molecule has 1 amide bonds. The van der Waals surface area contributed by atoms with E-state index in [0.29, 0.717) is 12.0 Å². The van der Waals surface area contributed by atoms with Crippen molar-refractivity contribution >= 4 is 5.91 Å². The first-order valence-corrected chi connectivity index (χ1v) is 7.45. The molecule has 0 unspecified atom stereocenters. The number of rotatable bonds is 5. The maximum absolute atomic E-state index is 11.7. The van der Waals surface area contributed by atoms with Crippen LogP contribution in [0, 0.1) is 12.3 Å². The van der Waals surface area contributed by atoms with Gasteiger partial charge in [-0.1, -0.05) is 24.3 Å². The molecule has 3 heteroatoms. The summed E-state index contributed by atoms with van der Waals surface area (Å²) in [6.45, 7) is 6.88. The summed E-state index contributed by atoms with van der Waals surface area (Å²) in [4.78, 5) is 11.7. The second kappa shape index (κ2) is 5.96. The molecule has 0 saturated heterocycles. The summed E-state index contributed by atoms with van der Waals surface area (Å²) in [5, 5.41) is 6.26. The topological polar surface area (TPSA) is 41.1 Å². The Morgan fingerprint density at radius 2 is 1.95 bits per heavy atom. The number of carbonyl (C=O) groups excluding carboxylic acids is 1. The van der Waals surface area contributed by atoms with E-state index < -0.39 is 0 Å². The number of nitrogens with one attached hydrogen (secondary N) is 2. The van der Waals surface area contributed by atoms with E-state index in [4.69, 9.17) is 0 Å². The lowest BCUT2D eigenvalue weighted by atomic mass is 9.74. The molecule has 3 nitrogen and oxygen atoms in total. The zero-order valence-corrected chi connectivity index (χ0v) is 13.0. The standard InChI is InChI=1S/C17H26N2O/c1-12-7-5-6-8-15(12)13-9-14(10-13)19-11-17(2,3)16(20)18-4/h5-8,13-14,19H,9-11H2,1-4H3,(H,18,20). The number of amides is 1. The van der Waals surface area contributed by atoms with Gasteiger partial charge in [0.25, 0.3) is 0 Å². The Morgan fingerprint density at radius 1 is 1.30 bits per heavy atom. The summed E-state index contributed by atoms with van der Waals surface area (Å²) in [5.41, 5.74) is 2.53. The first kappa shape index (κ1) is 15.0. The summed E-state index contributed by atoms with van der Waals surface area (Å²) in [6.07, 6.45) is 2.35. The molecule has 1 saturated carbocycles. The highest BCUT2D eigenvalue weighted by molar-refractivity contribution is 5.81. The Morgan fingerprint density at radius 3 is 2.55 bits per heavy atom. The van der Waals surface area contributed by atoms with Crippen molar-refractivity contribution in [3.63, 3.8) is 0 Å². The molecule has 0 aliphatic heterocycles. The molecule has 1 fully saturated rings. The third kappa shape index (κ3) is 3.21. The van der Waals surface area contributed by atoms with Gasteiger partial charge in [0.1, 0.15) is 0 Å². The molecular formula is C17H26N2O. The predicted molar refractivity (Wildman–Crippen MR) is 82.8 cm³/mol. The molecule has 1 aromatic carbocycles. The lowest BCUT2D eigenvalue weighted by molar-refractivity contribution is -0.128. The Kier molecular flexibility index (Phi) is 4.48. The lowest BCUT2D eigenvalue weighted by Gasteiger charge is -2.39. The highest BCUT2D eigenvalue weighted by Gasteiger charge is 2.33. The van der Waals surface area contributed by atoms with Crippen LogP contribution in [0.15, 0.2) is 24.3 Å². The molecule has 0 bridgehead atoms. The first-order valence-electron chi connectivity index (χ1n) is 7.45. The molecular weight excluding hydrogens is 248 g/mol. The van der Waals surface area contributed by atoms with Crippen molar-refractivity contribution in [3.8, 4) is 0 Å². The fourth-order valence-electron chi connectivity index (χ4n) is 2.90. The maximum atomic E-state index is 11.7. The fraction of sp³-hybridized carbons (Fsp3) is 0.588. The smallest absolute Gasteiger partial charge is 0.226 e. The summed E-state index contributed by atoms with van der Waals surface area (Å²) < 4.78 is 0. The Hall–Kier alpha value is -1.35. The molecule has 2 rings (SSSR count). The number of carbonyl (C=O) groups is 1. The van der Waals surface area contributed by atoms with Crippen molar-refractivity contribution < 1.29 is 4.79 Å². The first-order chi connectivity index (χ1) is 9.44. The van der Waals surface area contributed by atoms with Gasteiger partial charge in [0.15, 0.2) is 0 Å². The third-order valence-corrected chi connectivity index (χ3v) is 4.44. The second-order valence-electron chi connectivity index (χ2n) is 6.57. The van der Waals surface area contributed by atoms with Gasteiger partial charge in [0.05, 0.1) is 5.41 Å². The minimum absolute atomic E-state index is 0.0970. The van der Waals surface area contributed by atoms with E-state index in [2.05, 4.69) is 41.8 Å². The molecule has 0 radical (unpaired) electrons. The van der Waals surface area contributed by atoms with Crippen LogP contribution in [0.1, 0.15) is 43.7 Å². The van der Waals surface area contributed by atoms with E-state index in [-0.39, 0.29) is 11.3 Å². The summed E-state index contributed by atoms with van der Waals surface area (Å²) in [5.74, 6) is 0.775. The van der Waals surface area contributed by atoms with Crippen molar-refractivity contribution in [1.29, 1.82) is 0 Å². The highest BCUT2D eigenvalue weighted by Crippen LogP contribution is 2.38. The molecule has 0 spiro atoms. The van der Waals surface area contributed by atoms with Gasteiger partial charge in [0.2, 0.25) is 5.91 Å². The van der Waals surface area contributed by atoms with Gasteiger partial charge in [-0.05, 0) is 50.7 Å². The molecule has 0 aromatic heterocycles. The third-order valence-electron chi connectivity index (χ3n) is 4.44. The van der Waals surface area contributed by atoms with E-state index >= 15 is 0 Å². The van der Waals surface area contributed by atoms with Crippen LogP contribution in [0.3, 0.4) is 0 Å². The number of hydrogen-bond donors (Lipinski definition) is 2. The normalized spacial score (nSPS) is 22.2. The van der Waals surface area contributed by atoms with Crippen molar-refractivity contribution in [1.82, 2.24) is 10.6 Å². The summed E-state index contributed by atoms with van der Waals surface area (Å²) in [7, 11) is 1.70. The van der Waals surface area contributed by atoms with Crippen LogP contribution in [0.5, 0.6) is 0 Å². The number of benzene rings is 1. The van der Waals surface area contributed by atoms with Crippen LogP contribution in [0.25, 0.3) is 0 Å². The molecule has 0 atom stereocenters. The van der Waals surface area contributed by atoms with Gasteiger partial charge in [-0.25, -0.2) is 0 Å². The monoisotopic (exact) mass is 274 g/mol. The zero-order valence-electron chi connectivity index (χ0n) is 13.0. The lowest BCUT2D eigenvalue weighted by Crippen LogP contribution is -2.48. The number of aryl methyl sites for hydroxylation is 1. The van der Waals surface area contributed by atoms with Crippen LogP contribution in [0.4, 0.5) is 0 Å². The molecule has 20 heavy (non-hydrogen) atoms. The largest absolute Gasteiger partial charge is 0.359 e. The van der Waals surface area contributed by atoms with Crippen LogP contribution >= 0.6 is 0 Å². The molecule has 110 valence electrons. The van der Waals surface area contributed by atoms with Gasteiger partial charge >= 0.3 is 0 Å². The maximum Gasteiger partial charge on any atom is 0.226 e. The van der Waals surface area contributed by atoms with Crippen LogP contribution < -0.4 is 10.6 Å². The molecule has 1 aliphatic rings. The summed E-state index contributed by atoms with van der Waals surface area (Å²) >= 11 is 0. The van der Waals surface area contributed by atoms with E-state index in [1.54, 1.807) is 7.05 Å². The highest BCUT2D eigenvalue weighted by atomic mass is 16.2. The predicted octanol–water partition coefficient (Wildman–Crippen LogP) is 2.60. The Bertz CT molecular complexity index is 476. The van der Waals surface area contributed by atoms with Crippen molar-refractivity contribution in [2.45, 2.75) is 45.6 Å². The molecule has 1 aromatic rings. The quantitative estimate of drug-likeness (QED) is 0.866. The van der Waals surface area contributed by atoms with Crippen molar-refractivity contribution in [2.75, 3.05) is 13.6 Å². The van der Waals surface area contributed by atoms with E-state index in [1.165, 1.54) is 24.0 Å². The van der Waals surface area contributed by atoms with Crippen LogP contribution in [-0.4, -0.2) is 25.5 Å². The molecule has 1 aliphatic carbocycles. The minimum Gasteiger partial charge on any atom is -0.359 e. The van der Waals surface area contributed by atoms with E-state index in [0.717, 1.165) is 6.54 Å². The SMILES string of the molecule is CNC(=O)C(C)(C)CNC1CC(c2ccccc2C)C1. The molecule has 0 heterocycles. The average molecular weight is 274 g/mol. The fourth-order valence-corrected chi connectivity index (χ4v) is 2.90. The number of hydrogen-bond acceptors (Lipinski definition) is 2. The van der Waals surface area contributed by atoms with Gasteiger partial charge < -0.3 is 10.6 Å². The second-order valence-corrected chi connectivity index (χ2v) is 6.57. The van der Waals surface area contributed by atoms with Crippen LogP contribution in [0.2, 0.25) is 0 Å². The van der Waals surface area contributed by atoms with Gasteiger partial charge in [-0.3, -0.25) is 4.79 Å². The van der Waals surface area contributed by atoms with E-state index in [1.807, 2.05) is 13.8 Å². The van der Waals surface area contributed by atoms with Gasteiger partial charge in [-0.2, -0.15) is 0 Å².